The quantitative estimate of drug-likeness (QED) is 0.829. The van der Waals surface area contributed by atoms with E-state index in [1.165, 1.54) is 11.9 Å². The smallest absolute Gasteiger partial charge is 0.134 e. The highest BCUT2D eigenvalue weighted by atomic mass is 35.5. The van der Waals surface area contributed by atoms with E-state index in [2.05, 4.69) is 20.3 Å². The number of hydrogen-bond acceptors (Lipinski definition) is 4. The molecule has 2 heterocycles. The number of pyridine rings is 1. The van der Waals surface area contributed by atoms with Gasteiger partial charge in [-0.15, -0.1) is 0 Å². The highest BCUT2D eigenvalue weighted by Crippen LogP contribution is 2.11. The summed E-state index contributed by atoms with van der Waals surface area (Å²) >= 11 is 5.76. The molecule has 0 saturated carbocycles. The van der Waals surface area contributed by atoms with Crippen molar-refractivity contribution >= 4 is 17.4 Å². The maximum atomic E-state index is 5.76. The van der Waals surface area contributed by atoms with Crippen LogP contribution in [0.15, 0.2) is 30.9 Å². The third-order valence-corrected chi connectivity index (χ3v) is 2.44. The van der Waals surface area contributed by atoms with Gasteiger partial charge in [0.2, 0.25) is 0 Å². The largest absolute Gasteiger partial charge is 0.366 e. The highest BCUT2D eigenvalue weighted by Gasteiger charge is 1.99. The lowest BCUT2D eigenvalue weighted by Crippen LogP contribution is -2.03. The Hall–Kier alpha value is -1.68. The molecule has 0 amide bonds. The molecule has 4 nitrogen and oxygen atoms in total. The number of anilines is 1. The van der Waals surface area contributed by atoms with E-state index in [1.807, 2.05) is 19.2 Å². The molecule has 0 spiro atoms. The van der Waals surface area contributed by atoms with Crippen LogP contribution in [0.4, 0.5) is 5.82 Å². The van der Waals surface area contributed by atoms with Crippen LogP contribution < -0.4 is 5.32 Å². The number of aryl methyl sites for hydroxylation is 1. The van der Waals surface area contributed by atoms with Crippen LogP contribution >= 0.6 is 11.6 Å². The predicted octanol–water partition coefficient (Wildman–Crippen LogP) is 2.45. The van der Waals surface area contributed by atoms with E-state index in [4.69, 9.17) is 11.6 Å². The molecule has 82 valence electrons. The number of aromatic nitrogens is 3. The monoisotopic (exact) mass is 234 g/mol. The second-order valence-corrected chi connectivity index (χ2v) is 3.77. The summed E-state index contributed by atoms with van der Waals surface area (Å²) in [4.78, 5) is 11.9. The van der Waals surface area contributed by atoms with Gasteiger partial charge in [-0.2, -0.15) is 0 Å². The van der Waals surface area contributed by atoms with Crippen molar-refractivity contribution in [2.75, 3.05) is 5.32 Å². The fourth-order valence-corrected chi connectivity index (χ4v) is 1.46. The third kappa shape index (κ3) is 2.67. The summed E-state index contributed by atoms with van der Waals surface area (Å²) in [6.07, 6.45) is 5.05. The zero-order chi connectivity index (χ0) is 11.4. The predicted molar refractivity (Wildman–Crippen MR) is 63.3 cm³/mol. The van der Waals surface area contributed by atoms with Crippen molar-refractivity contribution < 1.29 is 0 Å². The first-order valence-electron chi connectivity index (χ1n) is 4.86. The molecule has 16 heavy (non-hydrogen) atoms. The first-order valence-corrected chi connectivity index (χ1v) is 5.24. The Morgan fingerprint density at radius 3 is 3.00 bits per heavy atom. The summed E-state index contributed by atoms with van der Waals surface area (Å²) < 4.78 is 0. The number of nitrogens with zero attached hydrogens (tertiary/aromatic N) is 3. The first kappa shape index (κ1) is 10.8. The summed E-state index contributed by atoms with van der Waals surface area (Å²) in [6.45, 7) is 2.72. The Morgan fingerprint density at radius 1 is 1.38 bits per heavy atom. The first-order chi connectivity index (χ1) is 7.75. The van der Waals surface area contributed by atoms with Crippen molar-refractivity contribution in [3.8, 4) is 0 Å². The second-order valence-electron chi connectivity index (χ2n) is 3.38. The second kappa shape index (κ2) is 4.90. The van der Waals surface area contributed by atoms with Crippen molar-refractivity contribution in [2.24, 2.45) is 0 Å². The molecule has 2 aromatic heterocycles. The zero-order valence-corrected chi connectivity index (χ0v) is 9.57. The van der Waals surface area contributed by atoms with E-state index >= 15 is 0 Å². The fraction of sp³-hybridized carbons (Fsp3) is 0.182. The SMILES string of the molecule is Cc1cnccc1CNc1cc(Cl)ncn1. The Bertz CT molecular complexity index is 487. The Kier molecular flexibility index (Phi) is 3.31. The van der Waals surface area contributed by atoms with Crippen LogP contribution in [-0.2, 0) is 6.54 Å². The standard InChI is InChI=1S/C11H11ClN4/c1-8-5-13-3-2-9(8)6-14-11-4-10(12)15-7-16-11/h2-5,7H,6H2,1H3,(H,14,15,16). The van der Waals surface area contributed by atoms with E-state index in [9.17, 15) is 0 Å². The van der Waals surface area contributed by atoms with Crippen LogP contribution in [0, 0.1) is 6.92 Å². The lowest BCUT2D eigenvalue weighted by molar-refractivity contribution is 1.05. The molecule has 0 aliphatic heterocycles. The molecule has 0 fully saturated rings. The molecule has 0 radical (unpaired) electrons. The lowest BCUT2D eigenvalue weighted by Gasteiger charge is -2.07. The van der Waals surface area contributed by atoms with Crippen LogP contribution in [0.5, 0.6) is 0 Å². The molecule has 0 saturated heterocycles. The van der Waals surface area contributed by atoms with Gasteiger partial charge in [-0.1, -0.05) is 11.6 Å². The number of rotatable bonds is 3. The highest BCUT2D eigenvalue weighted by molar-refractivity contribution is 6.29. The maximum absolute atomic E-state index is 5.76. The molecule has 0 bridgehead atoms. The molecular weight excluding hydrogens is 224 g/mol. The van der Waals surface area contributed by atoms with Gasteiger partial charge in [-0.25, -0.2) is 9.97 Å². The average molecular weight is 235 g/mol. The summed E-state index contributed by atoms with van der Waals surface area (Å²) in [5, 5.41) is 3.61. The molecule has 0 aromatic carbocycles. The number of hydrogen-bond donors (Lipinski definition) is 1. The molecule has 5 heteroatoms. The van der Waals surface area contributed by atoms with Crippen molar-refractivity contribution in [2.45, 2.75) is 13.5 Å². The van der Waals surface area contributed by atoms with Crippen molar-refractivity contribution in [1.82, 2.24) is 15.0 Å². The Labute approximate surface area is 98.7 Å². The molecule has 0 unspecified atom stereocenters. The van der Waals surface area contributed by atoms with Crippen molar-refractivity contribution in [1.29, 1.82) is 0 Å². The fourth-order valence-electron chi connectivity index (χ4n) is 1.32. The maximum Gasteiger partial charge on any atom is 0.134 e. The zero-order valence-electron chi connectivity index (χ0n) is 8.81. The molecule has 0 aliphatic carbocycles. The third-order valence-electron chi connectivity index (χ3n) is 2.23. The van der Waals surface area contributed by atoms with Gasteiger partial charge < -0.3 is 5.32 Å². The normalized spacial score (nSPS) is 10.1. The van der Waals surface area contributed by atoms with Gasteiger partial charge in [0, 0.05) is 25.0 Å². The molecule has 0 aliphatic rings. The van der Waals surface area contributed by atoms with Gasteiger partial charge in [-0.3, -0.25) is 4.98 Å². The van der Waals surface area contributed by atoms with E-state index in [0.717, 1.165) is 11.4 Å². The van der Waals surface area contributed by atoms with Gasteiger partial charge in [0.1, 0.15) is 17.3 Å². The minimum absolute atomic E-state index is 0.434. The average Bonchev–Trinajstić information content (AvgIpc) is 2.28. The topological polar surface area (TPSA) is 50.7 Å². The molecule has 2 rings (SSSR count). The minimum Gasteiger partial charge on any atom is -0.366 e. The van der Waals surface area contributed by atoms with Crippen LogP contribution in [0.3, 0.4) is 0 Å². The van der Waals surface area contributed by atoms with E-state index in [1.54, 1.807) is 12.3 Å². The lowest BCUT2D eigenvalue weighted by atomic mass is 10.1. The van der Waals surface area contributed by atoms with Gasteiger partial charge in [0.15, 0.2) is 0 Å². The van der Waals surface area contributed by atoms with Crippen LogP contribution in [-0.4, -0.2) is 15.0 Å². The molecular formula is C11H11ClN4. The number of nitrogens with one attached hydrogen (secondary N) is 1. The summed E-state index contributed by atoms with van der Waals surface area (Å²) in [6, 6.07) is 3.67. The van der Waals surface area contributed by atoms with Crippen molar-refractivity contribution in [3.05, 3.63) is 47.1 Å². The van der Waals surface area contributed by atoms with Gasteiger partial charge >= 0.3 is 0 Å². The molecule has 0 atom stereocenters. The van der Waals surface area contributed by atoms with Crippen LogP contribution in [0.1, 0.15) is 11.1 Å². The Balaban J connectivity index is 2.05. The van der Waals surface area contributed by atoms with Crippen LogP contribution in [0.2, 0.25) is 5.15 Å². The summed E-state index contributed by atoms with van der Waals surface area (Å²) in [5.41, 5.74) is 2.33. The van der Waals surface area contributed by atoms with Gasteiger partial charge in [-0.05, 0) is 24.1 Å². The number of halogens is 1. The van der Waals surface area contributed by atoms with E-state index in [0.29, 0.717) is 11.7 Å². The minimum atomic E-state index is 0.434. The van der Waals surface area contributed by atoms with E-state index in [-0.39, 0.29) is 0 Å². The van der Waals surface area contributed by atoms with Gasteiger partial charge in [0.25, 0.3) is 0 Å². The Morgan fingerprint density at radius 2 is 2.25 bits per heavy atom. The molecule has 2 aromatic rings. The molecule has 1 N–H and O–H groups in total. The van der Waals surface area contributed by atoms with Crippen LogP contribution in [0.25, 0.3) is 0 Å². The van der Waals surface area contributed by atoms with Gasteiger partial charge in [0.05, 0.1) is 0 Å². The van der Waals surface area contributed by atoms with E-state index < -0.39 is 0 Å². The summed E-state index contributed by atoms with van der Waals surface area (Å²) in [5.74, 6) is 0.719. The summed E-state index contributed by atoms with van der Waals surface area (Å²) in [7, 11) is 0. The van der Waals surface area contributed by atoms with Crippen molar-refractivity contribution in [3.63, 3.8) is 0 Å².